The van der Waals surface area contributed by atoms with E-state index in [2.05, 4.69) is 83.8 Å². The van der Waals surface area contributed by atoms with Crippen molar-refractivity contribution in [3.8, 4) is 0 Å². The summed E-state index contributed by atoms with van der Waals surface area (Å²) in [4.78, 5) is 4.79. The van der Waals surface area contributed by atoms with Crippen LogP contribution in [0.4, 0.5) is 0 Å². The zero-order valence-corrected chi connectivity index (χ0v) is 40.6. The quantitative estimate of drug-likeness (QED) is 0.0561. The van der Waals surface area contributed by atoms with E-state index in [0.717, 1.165) is 18.1 Å². The van der Waals surface area contributed by atoms with Crippen LogP contribution in [0.2, 0.25) is 0 Å². The van der Waals surface area contributed by atoms with Gasteiger partial charge in [0.1, 0.15) is 0 Å². The van der Waals surface area contributed by atoms with Crippen LogP contribution in [-0.4, -0.2) is 71.4 Å². The second-order valence-corrected chi connectivity index (χ2v) is 17.8. The Morgan fingerprint density at radius 2 is 0.389 bits per heavy atom. The number of halogens is 1. The van der Waals surface area contributed by atoms with Crippen LogP contribution in [-0.2, 0) is 0 Å². The maximum absolute atomic E-state index is 2.36. The molecule has 0 aromatic rings. The van der Waals surface area contributed by atoms with Crippen molar-refractivity contribution in [1.82, 2.24) is 0 Å². The lowest BCUT2D eigenvalue weighted by atomic mass is 10.0. The molecule has 0 saturated heterocycles. The Labute approximate surface area is 350 Å². The van der Waals surface area contributed by atoms with Crippen molar-refractivity contribution in [1.29, 1.82) is 0 Å². The fourth-order valence-electron chi connectivity index (χ4n) is 6.68. The third-order valence-electron chi connectivity index (χ3n) is 11.9. The molecule has 0 rings (SSSR count). The van der Waals surface area contributed by atoms with Crippen LogP contribution in [0.3, 0.4) is 0 Å². The van der Waals surface area contributed by atoms with E-state index in [1.807, 2.05) is 0 Å². The van der Waals surface area contributed by atoms with Crippen molar-refractivity contribution < 1.29 is 38.1 Å². The number of hydrogen-bond donors (Lipinski definition) is 3. The first-order valence-corrected chi connectivity index (χ1v) is 23.9. The minimum absolute atomic E-state index is 0. The van der Waals surface area contributed by atoms with E-state index in [-0.39, 0.29) is 23.4 Å². The Hall–Kier alpha value is 0.0900. The molecule has 3 unspecified atom stereocenters. The van der Waals surface area contributed by atoms with Crippen molar-refractivity contribution >= 4 is 0 Å². The van der Waals surface area contributed by atoms with Gasteiger partial charge in [0.25, 0.3) is 0 Å². The molecule has 0 fully saturated rings. The van der Waals surface area contributed by atoms with Gasteiger partial charge in [-0.15, -0.1) is 0 Å². The maximum Gasteiger partial charge on any atom is 0.0842 e. The van der Waals surface area contributed by atoms with Gasteiger partial charge in [0, 0.05) is 0 Å². The van der Waals surface area contributed by atoms with Gasteiger partial charge >= 0.3 is 0 Å². The van der Waals surface area contributed by atoms with Gasteiger partial charge in [0.15, 0.2) is 0 Å². The lowest BCUT2D eigenvalue weighted by molar-refractivity contribution is -0.884. The predicted octanol–water partition coefficient (Wildman–Crippen LogP) is 8.14. The zero-order chi connectivity index (χ0) is 38.8. The van der Waals surface area contributed by atoms with E-state index in [4.69, 9.17) is 0 Å². The Bertz CT molecular complexity index is 528. The van der Waals surface area contributed by atoms with Gasteiger partial charge in [0.2, 0.25) is 0 Å². The van der Waals surface area contributed by atoms with Gasteiger partial charge in [-0.25, -0.2) is 0 Å². The molecule has 0 spiro atoms. The molecule has 0 bridgehead atoms. The largest absolute Gasteiger partial charge is 1.00 e. The summed E-state index contributed by atoms with van der Waals surface area (Å²) in [6.07, 6.45) is 47.6. The third kappa shape index (κ3) is 58.8. The van der Waals surface area contributed by atoms with Crippen LogP contribution < -0.4 is 27.1 Å². The number of unbranched alkanes of at least 4 members (excludes halogenated alkanes) is 27. The first kappa shape index (κ1) is 65.9. The molecular weight excluding hydrogens is 686 g/mol. The lowest BCUT2D eigenvalue weighted by Gasteiger charge is -2.16. The minimum atomic E-state index is 0. The van der Waals surface area contributed by atoms with Crippen LogP contribution in [0.5, 0.6) is 0 Å². The molecular formula is C48H110ClN3O2. The van der Waals surface area contributed by atoms with Gasteiger partial charge in [0.05, 0.1) is 60.4 Å². The third-order valence-corrected chi connectivity index (χ3v) is 11.9. The summed E-state index contributed by atoms with van der Waals surface area (Å²) >= 11 is 0. The zero-order valence-electron chi connectivity index (χ0n) is 39.8. The van der Waals surface area contributed by atoms with E-state index in [0.29, 0.717) is 0 Å². The first-order chi connectivity index (χ1) is 24.5. The molecule has 5 nitrogen and oxygen atoms in total. The molecule has 0 saturated carbocycles. The molecule has 0 aliphatic carbocycles. The van der Waals surface area contributed by atoms with Gasteiger partial charge < -0.3 is 38.1 Å². The summed E-state index contributed by atoms with van der Waals surface area (Å²) in [7, 11) is 13.6. The van der Waals surface area contributed by atoms with Crippen LogP contribution in [0.15, 0.2) is 0 Å². The molecule has 0 aromatic heterocycles. The highest BCUT2D eigenvalue weighted by Crippen LogP contribution is 2.14. The number of hydrogen-bond acceptors (Lipinski definition) is 2. The van der Waals surface area contributed by atoms with Gasteiger partial charge in [-0.1, -0.05) is 194 Å². The second kappa shape index (κ2) is 55.2. The smallest absolute Gasteiger partial charge is 0.0842 e. The SMILES string of the molecule is CCCCCCCCCCCCC(C)[NH+](C)C.CCCCCCCCCCCCC(C)[NH+](C)C.CCCCCCCCCCCCC(C)[NH+](C)C.[Cl-].[OH-].[OH-]. The topological polar surface area (TPSA) is 73.3 Å². The molecule has 0 heterocycles. The summed E-state index contributed by atoms with van der Waals surface area (Å²) in [5.41, 5.74) is 0. The molecule has 54 heavy (non-hydrogen) atoms. The molecule has 0 aliphatic rings. The van der Waals surface area contributed by atoms with E-state index in [9.17, 15) is 0 Å². The minimum Gasteiger partial charge on any atom is -1.00 e. The highest BCUT2D eigenvalue weighted by Gasteiger charge is 2.08. The first-order valence-electron chi connectivity index (χ1n) is 23.9. The Morgan fingerprint density at radius 1 is 0.259 bits per heavy atom. The molecule has 336 valence electrons. The number of rotatable bonds is 36. The van der Waals surface area contributed by atoms with E-state index in [1.165, 1.54) is 212 Å². The van der Waals surface area contributed by atoms with Crippen molar-refractivity contribution in [3.05, 3.63) is 0 Å². The molecule has 0 aromatic carbocycles. The molecule has 3 atom stereocenters. The monoisotopic (exact) mass is 796 g/mol. The van der Waals surface area contributed by atoms with Crippen molar-refractivity contribution in [2.75, 3.05) is 42.3 Å². The fraction of sp³-hybridized carbons (Fsp3) is 1.00. The van der Waals surface area contributed by atoms with Crippen LogP contribution in [0.1, 0.15) is 253 Å². The van der Waals surface area contributed by atoms with Gasteiger partial charge in [-0.3, -0.25) is 0 Å². The lowest BCUT2D eigenvalue weighted by Crippen LogP contribution is -3.09. The van der Waals surface area contributed by atoms with Crippen molar-refractivity contribution in [3.63, 3.8) is 0 Å². The highest BCUT2D eigenvalue weighted by molar-refractivity contribution is 4.53. The van der Waals surface area contributed by atoms with Gasteiger partial charge in [-0.2, -0.15) is 0 Å². The molecule has 0 amide bonds. The highest BCUT2D eigenvalue weighted by atomic mass is 35.5. The average molecular weight is 797 g/mol. The predicted molar refractivity (Wildman–Crippen MR) is 240 cm³/mol. The summed E-state index contributed by atoms with van der Waals surface area (Å²) in [6, 6.07) is 2.51. The van der Waals surface area contributed by atoms with Crippen LogP contribution in [0, 0.1) is 0 Å². The van der Waals surface area contributed by atoms with E-state index in [1.54, 1.807) is 14.7 Å². The summed E-state index contributed by atoms with van der Waals surface area (Å²) in [5.74, 6) is 0. The van der Waals surface area contributed by atoms with Crippen LogP contribution in [0.25, 0.3) is 0 Å². The average Bonchev–Trinajstić information content (AvgIpc) is 3.10. The maximum atomic E-state index is 2.36. The second-order valence-electron chi connectivity index (χ2n) is 17.8. The van der Waals surface area contributed by atoms with Crippen molar-refractivity contribution in [2.24, 2.45) is 0 Å². The summed E-state index contributed by atoms with van der Waals surface area (Å²) < 4.78 is 0. The van der Waals surface area contributed by atoms with E-state index >= 15 is 0 Å². The molecule has 0 radical (unpaired) electrons. The van der Waals surface area contributed by atoms with Gasteiger partial charge in [-0.05, 0) is 59.3 Å². The fourth-order valence-corrected chi connectivity index (χ4v) is 6.68. The molecule has 6 heteroatoms. The Balaban J connectivity index is -0.000000156. The number of quaternary nitrogens is 3. The van der Waals surface area contributed by atoms with Crippen LogP contribution >= 0.6 is 0 Å². The Morgan fingerprint density at radius 3 is 0.519 bits per heavy atom. The Kier molecular flexibility index (Phi) is 67.4. The summed E-state index contributed by atoms with van der Waals surface area (Å²) in [6.45, 7) is 14.0. The van der Waals surface area contributed by atoms with Crippen molar-refractivity contribution in [2.45, 2.75) is 272 Å². The number of nitrogens with one attached hydrogen (secondary N) is 3. The normalized spacial score (nSPS) is 12.5. The molecule has 0 aliphatic heterocycles. The van der Waals surface area contributed by atoms with E-state index < -0.39 is 0 Å². The standard InChI is InChI=1S/3C16H35N.ClH.2H2O/c3*1-5-6-7-8-9-10-11-12-13-14-15-16(2)17(3)4;;;/h3*16H,5-15H2,1-4H3;1H;2*1H2. The molecule has 5 N–H and O–H groups in total. The summed E-state index contributed by atoms with van der Waals surface area (Å²) in [5, 5.41) is 0.